The largest absolute Gasteiger partial charge is 0.456 e. The number of ether oxygens (including phenoxy) is 2. The molecular weight excluding hydrogens is 469 g/mol. The Morgan fingerprint density at radius 1 is 0.629 bits per heavy atom. The Morgan fingerprint density at radius 3 is 2.00 bits per heavy atom. The molecule has 7 rings (SSSR count). The normalized spacial score (nSPS) is 16.8. The number of aryl methyl sites for hydroxylation is 1. The van der Waals surface area contributed by atoms with Crippen molar-refractivity contribution >= 4 is 33.8 Å². The van der Waals surface area contributed by atoms with Gasteiger partial charge in [-0.05, 0) is 61.0 Å². The molecule has 5 heteroatoms. The van der Waals surface area contributed by atoms with Gasteiger partial charge in [0.1, 0.15) is 23.0 Å². The van der Waals surface area contributed by atoms with E-state index in [2.05, 4.69) is 47.4 Å². The molecule has 168 valence electrons. The van der Waals surface area contributed by atoms with Gasteiger partial charge in [-0.3, -0.25) is 4.98 Å². The van der Waals surface area contributed by atoms with Gasteiger partial charge in [0.25, 0.3) is 0 Å². The first-order valence-corrected chi connectivity index (χ1v) is 14.3. The van der Waals surface area contributed by atoms with Crippen molar-refractivity contribution in [2.24, 2.45) is 0 Å². The zero-order chi connectivity index (χ0) is 23.6. The molecule has 0 N–H and O–H groups in total. The summed E-state index contributed by atoms with van der Waals surface area (Å²) < 4.78 is 12.9. The smallest absolute Gasteiger partial charge is 0.148 e. The van der Waals surface area contributed by atoms with Crippen LogP contribution in [0, 0.1) is 6.92 Å². The number of pyridine rings is 1. The van der Waals surface area contributed by atoms with E-state index >= 15 is 0 Å². The minimum atomic E-state index is -2.35. The second-order valence-electron chi connectivity index (χ2n) is 8.78. The molecule has 0 saturated carbocycles. The minimum absolute atomic E-state index is 0.792. The van der Waals surface area contributed by atoms with Crippen molar-refractivity contribution < 1.29 is 9.47 Å². The summed E-state index contributed by atoms with van der Waals surface area (Å²) in [6, 6.07) is 32.7. The summed E-state index contributed by atoms with van der Waals surface area (Å²) in [5.74, 6) is 3.27. The third-order valence-electron chi connectivity index (χ3n) is 6.63. The van der Waals surface area contributed by atoms with Gasteiger partial charge in [0.15, 0.2) is 0 Å². The van der Waals surface area contributed by atoms with Crippen molar-refractivity contribution in [1.82, 2.24) is 4.98 Å². The van der Waals surface area contributed by atoms with Gasteiger partial charge >= 0.3 is 0 Å². The van der Waals surface area contributed by atoms with E-state index < -0.39 is 6.04 Å². The van der Waals surface area contributed by atoms with Gasteiger partial charge in [0, 0.05) is 27.4 Å². The van der Waals surface area contributed by atoms with Crippen LogP contribution in [0.4, 0.5) is 0 Å². The van der Waals surface area contributed by atoms with Gasteiger partial charge < -0.3 is 9.47 Å². The summed E-state index contributed by atoms with van der Waals surface area (Å²) in [6.45, 7) is 2.01. The van der Waals surface area contributed by atoms with Crippen molar-refractivity contribution in [1.29, 1.82) is 0 Å². The Labute approximate surface area is 209 Å². The van der Waals surface area contributed by atoms with Gasteiger partial charge in [0.05, 0.1) is 17.0 Å². The lowest BCUT2D eigenvalue weighted by molar-refractivity contribution is 0.467. The average Bonchev–Trinajstić information content (AvgIpc) is 2.89. The van der Waals surface area contributed by atoms with Crippen molar-refractivity contribution in [3.8, 4) is 45.4 Å². The molecule has 0 saturated heterocycles. The van der Waals surface area contributed by atoms with Crippen LogP contribution in [-0.4, -0.2) is 4.98 Å². The summed E-state index contributed by atoms with van der Waals surface area (Å²) in [5.41, 5.74) is 5.13. The number of nitrogens with zero attached hydrogens (tertiary/aromatic N) is 1. The highest BCUT2D eigenvalue weighted by Gasteiger charge is 2.43. The van der Waals surface area contributed by atoms with E-state index in [9.17, 15) is 0 Å². The molecule has 0 radical (unpaired) electrons. The molecule has 3 nitrogen and oxygen atoms in total. The molecule has 4 aromatic carbocycles. The molecule has 1 unspecified atom stereocenters. The molecule has 2 aliphatic heterocycles. The van der Waals surface area contributed by atoms with Gasteiger partial charge in [-0.1, -0.05) is 66.4 Å². The van der Waals surface area contributed by atoms with Crippen LogP contribution >= 0.6 is 6.04 Å². The third kappa shape index (κ3) is 3.04. The van der Waals surface area contributed by atoms with Crippen LogP contribution in [0.1, 0.15) is 5.69 Å². The lowest BCUT2D eigenvalue weighted by atomic mass is 10.0. The Kier molecular flexibility index (Phi) is 4.51. The molecule has 0 bridgehead atoms. The van der Waals surface area contributed by atoms with E-state index in [0.717, 1.165) is 67.0 Å². The maximum Gasteiger partial charge on any atom is 0.148 e. The lowest BCUT2D eigenvalue weighted by Crippen LogP contribution is -2.35. The fraction of sp³-hybridized carbons (Fsp3) is 0.0333. The number of fused-ring (bicyclic) bond motifs is 4. The second-order valence-corrected chi connectivity index (χ2v) is 13.1. The summed E-state index contributed by atoms with van der Waals surface area (Å²) in [7, 11) is 0. The zero-order valence-corrected chi connectivity index (χ0v) is 20.6. The highest BCUT2D eigenvalue weighted by molar-refractivity contribution is 8.26. The fourth-order valence-electron chi connectivity index (χ4n) is 4.99. The topological polar surface area (TPSA) is 31.4 Å². The maximum absolute atomic E-state index is 6.61. The van der Waals surface area contributed by atoms with Crippen molar-refractivity contribution in [3.05, 3.63) is 109 Å². The Balaban J connectivity index is 1.43. The molecule has 1 aromatic heterocycles. The van der Waals surface area contributed by atoms with E-state index in [4.69, 9.17) is 21.3 Å². The fourth-order valence-corrected chi connectivity index (χ4v) is 9.50. The molecule has 35 heavy (non-hydrogen) atoms. The molecule has 0 aliphatic carbocycles. The van der Waals surface area contributed by atoms with E-state index in [1.807, 2.05) is 67.6 Å². The summed E-state index contributed by atoms with van der Waals surface area (Å²) in [4.78, 5) is 4.66. The molecule has 0 spiro atoms. The van der Waals surface area contributed by atoms with E-state index in [1.54, 1.807) is 0 Å². The van der Waals surface area contributed by atoms with Gasteiger partial charge in [-0.2, -0.15) is 0 Å². The zero-order valence-electron chi connectivity index (χ0n) is 18.9. The SMILES string of the molecule is Cc1cccc(-c2ccc(-c3ccc4c5c3Oc3ccccc3P5(=S)c3ccccc3O4)cc2)n1. The lowest BCUT2D eigenvalue weighted by Gasteiger charge is -2.38. The average molecular weight is 490 g/mol. The predicted octanol–water partition coefficient (Wildman–Crippen LogP) is 6.69. The van der Waals surface area contributed by atoms with Crippen LogP contribution in [0.25, 0.3) is 22.4 Å². The van der Waals surface area contributed by atoms with Crippen LogP contribution in [-0.2, 0) is 11.8 Å². The van der Waals surface area contributed by atoms with Crippen LogP contribution in [0.2, 0.25) is 0 Å². The number of hydrogen-bond acceptors (Lipinski definition) is 4. The van der Waals surface area contributed by atoms with Gasteiger partial charge in [-0.15, -0.1) is 0 Å². The quantitative estimate of drug-likeness (QED) is 0.253. The Morgan fingerprint density at radius 2 is 1.29 bits per heavy atom. The molecule has 3 heterocycles. The number of aromatic nitrogens is 1. The summed E-state index contributed by atoms with van der Waals surface area (Å²) in [5, 5.41) is 3.17. The van der Waals surface area contributed by atoms with Crippen molar-refractivity contribution in [2.45, 2.75) is 6.92 Å². The maximum atomic E-state index is 6.61. The summed E-state index contributed by atoms with van der Waals surface area (Å²) in [6.07, 6.45) is 0. The minimum Gasteiger partial charge on any atom is -0.456 e. The second kappa shape index (κ2) is 7.64. The molecule has 2 aliphatic rings. The third-order valence-corrected chi connectivity index (χ3v) is 11.5. The van der Waals surface area contributed by atoms with E-state index in [0.29, 0.717) is 0 Å². The molecule has 5 aromatic rings. The molecule has 1 atom stereocenters. The van der Waals surface area contributed by atoms with Crippen LogP contribution in [0.15, 0.2) is 103 Å². The monoisotopic (exact) mass is 489 g/mol. The highest BCUT2D eigenvalue weighted by Crippen LogP contribution is 2.59. The standard InChI is InChI=1S/C30H20NO2PS/c1-19-7-6-8-23(31-19)21-15-13-20(14-16-21)22-17-18-26-30-29(22)33-25-10-3-5-12-28(25)34(30,35)27-11-4-2-9-24(27)32-26/h2-18H,1H3. The Bertz CT molecular complexity index is 1680. The van der Waals surface area contributed by atoms with Crippen molar-refractivity contribution in [2.75, 3.05) is 0 Å². The molecule has 0 amide bonds. The first-order valence-electron chi connectivity index (χ1n) is 11.5. The number of hydrogen-bond donors (Lipinski definition) is 0. The molecular formula is C30H20NO2PS. The number of rotatable bonds is 2. The Hall–Kier alpha value is -3.72. The van der Waals surface area contributed by atoms with Gasteiger partial charge in [-0.25, -0.2) is 0 Å². The van der Waals surface area contributed by atoms with Crippen LogP contribution in [0.3, 0.4) is 0 Å². The first-order chi connectivity index (χ1) is 17.1. The van der Waals surface area contributed by atoms with Gasteiger partial charge in [0.2, 0.25) is 0 Å². The first kappa shape index (κ1) is 20.6. The number of para-hydroxylation sites is 2. The van der Waals surface area contributed by atoms with E-state index in [1.165, 1.54) is 0 Å². The summed E-state index contributed by atoms with van der Waals surface area (Å²) >= 11 is 6.61. The van der Waals surface area contributed by atoms with Crippen molar-refractivity contribution in [3.63, 3.8) is 0 Å². The van der Waals surface area contributed by atoms with Crippen LogP contribution < -0.4 is 25.4 Å². The molecule has 0 fully saturated rings. The predicted molar refractivity (Wildman–Crippen MR) is 146 cm³/mol. The highest BCUT2D eigenvalue weighted by atomic mass is 32.4. The van der Waals surface area contributed by atoms with E-state index in [-0.39, 0.29) is 0 Å². The van der Waals surface area contributed by atoms with Crippen LogP contribution in [0.5, 0.6) is 23.0 Å². The number of benzene rings is 4.